The summed E-state index contributed by atoms with van der Waals surface area (Å²) < 4.78 is 5.93. The van der Waals surface area contributed by atoms with Gasteiger partial charge in [0.2, 0.25) is 0 Å². The van der Waals surface area contributed by atoms with E-state index in [0.717, 1.165) is 10.9 Å². The Morgan fingerprint density at radius 2 is 2.07 bits per heavy atom. The Labute approximate surface area is 92.5 Å². The number of benzene rings is 1. The third kappa shape index (κ3) is 1.53. The monoisotopic (exact) mass is 220 g/mol. The van der Waals surface area contributed by atoms with Crippen molar-refractivity contribution in [3.05, 3.63) is 34.2 Å². The summed E-state index contributed by atoms with van der Waals surface area (Å²) in [5.41, 5.74) is 2.22. The molecule has 0 N–H and O–H groups in total. The second-order valence-corrected chi connectivity index (χ2v) is 4.52. The molecule has 1 aromatic carbocycles. The van der Waals surface area contributed by atoms with Crippen molar-refractivity contribution >= 4 is 27.4 Å². The van der Waals surface area contributed by atoms with Gasteiger partial charge in [0.25, 0.3) is 0 Å². The van der Waals surface area contributed by atoms with Crippen molar-refractivity contribution in [1.82, 2.24) is 0 Å². The molecule has 1 heterocycles. The van der Waals surface area contributed by atoms with Gasteiger partial charge in [-0.1, -0.05) is 18.2 Å². The Kier molecular flexibility index (Phi) is 2.49. The van der Waals surface area contributed by atoms with Crippen LogP contribution in [0.5, 0.6) is 0 Å². The highest BCUT2D eigenvalue weighted by Gasteiger charge is 2.16. The molecule has 0 aliphatic heterocycles. The van der Waals surface area contributed by atoms with Crippen molar-refractivity contribution in [1.29, 1.82) is 0 Å². The maximum atomic E-state index is 11.5. The average Bonchev–Trinajstić information content (AvgIpc) is 2.57. The fraction of sp³-hybridized carbons (Fsp3) is 0.250. The van der Waals surface area contributed by atoms with Gasteiger partial charge in [0.05, 0.1) is 7.11 Å². The molecule has 0 aliphatic carbocycles. The van der Waals surface area contributed by atoms with Crippen molar-refractivity contribution < 1.29 is 9.53 Å². The summed E-state index contributed by atoms with van der Waals surface area (Å²) in [6.07, 6.45) is 0. The van der Waals surface area contributed by atoms with Crippen LogP contribution in [0.15, 0.2) is 18.2 Å². The first kappa shape index (κ1) is 10.2. The van der Waals surface area contributed by atoms with Gasteiger partial charge in [-0.15, -0.1) is 11.3 Å². The van der Waals surface area contributed by atoms with E-state index in [2.05, 4.69) is 13.0 Å². The van der Waals surface area contributed by atoms with Crippen LogP contribution in [-0.4, -0.2) is 13.1 Å². The van der Waals surface area contributed by atoms with Crippen molar-refractivity contribution in [2.24, 2.45) is 0 Å². The lowest BCUT2D eigenvalue weighted by Gasteiger charge is -1.95. The number of hydrogen-bond donors (Lipinski definition) is 0. The maximum absolute atomic E-state index is 11.5. The molecule has 0 amide bonds. The Balaban J connectivity index is 2.75. The van der Waals surface area contributed by atoms with Crippen molar-refractivity contribution in [2.45, 2.75) is 13.8 Å². The number of thiophene rings is 1. The number of fused-ring (bicyclic) bond motifs is 1. The van der Waals surface area contributed by atoms with E-state index in [-0.39, 0.29) is 5.97 Å². The maximum Gasteiger partial charge on any atom is 0.348 e. The quantitative estimate of drug-likeness (QED) is 0.689. The van der Waals surface area contributed by atoms with E-state index >= 15 is 0 Å². The molecule has 0 saturated carbocycles. The smallest absolute Gasteiger partial charge is 0.348 e. The second kappa shape index (κ2) is 3.66. The highest BCUT2D eigenvalue weighted by Crippen LogP contribution is 2.33. The molecule has 2 nitrogen and oxygen atoms in total. The van der Waals surface area contributed by atoms with Gasteiger partial charge in [-0.05, 0) is 30.4 Å². The van der Waals surface area contributed by atoms with Crippen LogP contribution in [0.25, 0.3) is 10.1 Å². The molecule has 0 radical (unpaired) electrons. The summed E-state index contributed by atoms with van der Waals surface area (Å²) in [5.74, 6) is -0.243. The van der Waals surface area contributed by atoms with E-state index in [0.29, 0.717) is 4.88 Å². The third-order valence-electron chi connectivity index (χ3n) is 2.53. The number of hydrogen-bond acceptors (Lipinski definition) is 3. The first-order valence-corrected chi connectivity index (χ1v) is 5.54. The lowest BCUT2D eigenvalue weighted by Crippen LogP contribution is -1.99. The van der Waals surface area contributed by atoms with Crippen LogP contribution in [0, 0.1) is 13.8 Å². The summed E-state index contributed by atoms with van der Waals surface area (Å²) in [6.45, 7) is 4.02. The minimum atomic E-state index is -0.243. The van der Waals surface area contributed by atoms with Crippen LogP contribution in [0.2, 0.25) is 0 Å². The van der Waals surface area contributed by atoms with E-state index in [9.17, 15) is 4.79 Å². The number of esters is 1. The van der Waals surface area contributed by atoms with Gasteiger partial charge in [0, 0.05) is 4.70 Å². The van der Waals surface area contributed by atoms with Crippen LogP contribution >= 0.6 is 11.3 Å². The van der Waals surface area contributed by atoms with Gasteiger partial charge in [0.15, 0.2) is 0 Å². The zero-order chi connectivity index (χ0) is 11.0. The lowest BCUT2D eigenvalue weighted by molar-refractivity contribution is 0.0605. The first-order chi connectivity index (χ1) is 7.15. The van der Waals surface area contributed by atoms with Gasteiger partial charge in [-0.25, -0.2) is 4.79 Å². The number of rotatable bonds is 1. The molecule has 15 heavy (non-hydrogen) atoms. The van der Waals surface area contributed by atoms with Crippen LogP contribution in [0.1, 0.15) is 20.8 Å². The molecule has 0 atom stereocenters. The standard InChI is InChI=1S/C12H12O2S/c1-7-5-4-6-9-8(2)11(12(13)14-3)15-10(7)9/h4-6H,1-3H3. The first-order valence-electron chi connectivity index (χ1n) is 4.72. The van der Waals surface area contributed by atoms with E-state index in [4.69, 9.17) is 4.74 Å². The number of methoxy groups -OCH3 is 1. The van der Waals surface area contributed by atoms with Crippen LogP contribution in [0.4, 0.5) is 0 Å². The summed E-state index contributed by atoms with van der Waals surface area (Å²) in [5, 5.41) is 1.15. The molecule has 0 bridgehead atoms. The minimum Gasteiger partial charge on any atom is -0.465 e. The molecular weight excluding hydrogens is 208 g/mol. The molecule has 0 unspecified atom stereocenters. The summed E-state index contributed by atoms with van der Waals surface area (Å²) in [4.78, 5) is 12.2. The summed E-state index contributed by atoms with van der Waals surface area (Å²) >= 11 is 1.51. The van der Waals surface area contributed by atoms with Crippen molar-refractivity contribution in [3.63, 3.8) is 0 Å². The molecule has 0 spiro atoms. The zero-order valence-electron chi connectivity index (χ0n) is 8.96. The Morgan fingerprint density at radius 1 is 1.33 bits per heavy atom. The molecule has 2 rings (SSSR count). The molecule has 0 fully saturated rings. The summed E-state index contributed by atoms with van der Waals surface area (Å²) in [6, 6.07) is 6.11. The van der Waals surface area contributed by atoms with E-state index in [1.807, 2.05) is 19.1 Å². The molecule has 0 saturated heterocycles. The molecular formula is C12H12O2S. The van der Waals surface area contributed by atoms with Gasteiger partial charge in [0.1, 0.15) is 4.88 Å². The minimum absolute atomic E-state index is 0.243. The Bertz CT molecular complexity index is 526. The topological polar surface area (TPSA) is 26.3 Å². The zero-order valence-corrected chi connectivity index (χ0v) is 9.77. The van der Waals surface area contributed by atoms with Crippen LogP contribution in [0.3, 0.4) is 0 Å². The van der Waals surface area contributed by atoms with Gasteiger partial charge >= 0.3 is 5.97 Å². The highest BCUT2D eigenvalue weighted by molar-refractivity contribution is 7.21. The highest BCUT2D eigenvalue weighted by atomic mass is 32.1. The predicted molar refractivity (Wildman–Crippen MR) is 62.6 cm³/mol. The van der Waals surface area contributed by atoms with Gasteiger partial charge < -0.3 is 4.74 Å². The largest absolute Gasteiger partial charge is 0.465 e. The van der Waals surface area contributed by atoms with Crippen LogP contribution < -0.4 is 0 Å². The predicted octanol–water partition coefficient (Wildman–Crippen LogP) is 3.30. The number of aryl methyl sites for hydroxylation is 2. The number of ether oxygens (including phenoxy) is 1. The van der Waals surface area contributed by atoms with Crippen molar-refractivity contribution in [2.75, 3.05) is 7.11 Å². The normalized spacial score (nSPS) is 10.6. The molecule has 78 valence electrons. The van der Waals surface area contributed by atoms with E-state index in [1.54, 1.807) is 0 Å². The van der Waals surface area contributed by atoms with Crippen molar-refractivity contribution in [3.8, 4) is 0 Å². The average molecular weight is 220 g/mol. The molecule has 0 aliphatic rings. The second-order valence-electron chi connectivity index (χ2n) is 3.50. The number of carbonyl (C=O) groups is 1. The van der Waals surface area contributed by atoms with Gasteiger partial charge in [-0.3, -0.25) is 0 Å². The molecule has 3 heteroatoms. The van der Waals surface area contributed by atoms with E-state index in [1.165, 1.54) is 28.7 Å². The Morgan fingerprint density at radius 3 is 2.67 bits per heavy atom. The fourth-order valence-electron chi connectivity index (χ4n) is 1.67. The fourth-order valence-corrected chi connectivity index (χ4v) is 2.87. The molecule has 1 aromatic heterocycles. The van der Waals surface area contributed by atoms with E-state index < -0.39 is 0 Å². The van der Waals surface area contributed by atoms with Gasteiger partial charge in [-0.2, -0.15) is 0 Å². The SMILES string of the molecule is COC(=O)c1sc2c(C)cccc2c1C. The molecule has 2 aromatic rings. The summed E-state index contributed by atoms with van der Waals surface area (Å²) in [7, 11) is 1.42. The Hall–Kier alpha value is -1.35. The third-order valence-corrected chi connectivity index (χ3v) is 3.95. The number of carbonyl (C=O) groups excluding carboxylic acids is 1. The van der Waals surface area contributed by atoms with Crippen LogP contribution in [-0.2, 0) is 4.74 Å². The lowest BCUT2D eigenvalue weighted by atomic mass is 10.1.